The molecule has 4 aromatic rings. The van der Waals surface area contributed by atoms with E-state index in [1.807, 2.05) is 19.9 Å². The Morgan fingerprint density at radius 3 is 2.47 bits per heavy atom. The van der Waals surface area contributed by atoms with E-state index in [2.05, 4.69) is 4.99 Å². The van der Waals surface area contributed by atoms with Gasteiger partial charge in [-0.1, -0.05) is 17.4 Å². The number of aryl methyl sites for hydroxylation is 1. The molecule has 0 amide bonds. The number of hydrogen-bond acceptors (Lipinski definition) is 10. The first-order chi connectivity index (χ1) is 21.6. The van der Waals surface area contributed by atoms with Gasteiger partial charge in [0.05, 0.1) is 46.6 Å². The second-order valence-corrected chi connectivity index (χ2v) is 11.3. The monoisotopic (exact) mass is 631 g/mol. The van der Waals surface area contributed by atoms with Gasteiger partial charge in [0.15, 0.2) is 16.3 Å². The van der Waals surface area contributed by atoms with Gasteiger partial charge in [0.25, 0.3) is 11.2 Å². The molecule has 0 bridgehead atoms. The Morgan fingerprint density at radius 1 is 1.04 bits per heavy atom. The summed E-state index contributed by atoms with van der Waals surface area (Å²) < 4.78 is 24.8. The fraction of sp³-hybridized carbons (Fsp3) is 0.303. The van der Waals surface area contributed by atoms with Crippen LogP contribution in [0.15, 0.2) is 67.9 Å². The third kappa shape index (κ3) is 6.05. The van der Waals surface area contributed by atoms with Gasteiger partial charge in [0, 0.05) is 23.3 Å². The van der Waals surface area contributed by atoms with Crippen LogP contribution in [0, 0.1) is 24.0 Å². The lowest BCUT2D eigenvalue weighted by molar-refractivity contribution is -0.385. The maximum atomic E-state index is 14.0. The number of nitro groups is 1. The Balaban J connectivity index is 1.64. The molecule has 0 unspecified atom stereocenters. The minimum Gasteiger partial charge on any atom is -0.490 e. The Kier molecular flexibility index (Phi) is 9.05. The van der Waals surface area contributed by atoms with E-state index in [0.717, 1.165) is 16.9 Å². The van der Waals surface area contributed by atoms with E-state index in [1.165, 1.54) is 10.6 Å². The van der Waals surface area contributed by atoms with Gasteiger partial charge in [-0.2, -0.15) is 0 Å². The maximum absolute atomic E-state index is 14.0. The van der Waals surface area contributed by atoms with Crippen LogP contribution in [0.25, 0.3) is 17.4 Å². The number of nitrogens with zero attached hydrogens (tertiary/aromatic N) is 3. The first-order valence-corrected chi connectivity index (χ1v) is 15.3. The number of aromatic nitrogens is 1. The highest BCUT2D eigenvalue weighted by Gasteiger charge is 2.34. The molecule has 0 fully saturated rings. The molecule has 3 heterocycles. The average Bonchev–Trinajstić information content (AvgIpc) is 3.59. The smallest absolute Gasteiger partial charge is 0.338 e. The molecule has 0 aliphatic carbocycles. The van der Waals surface area contributed by atoms with Crippen LogP contribution in [0.5, 0.6) is 11.5 Å². The number of allylic oxidation sites excluding steroid dienone is 1. The molecule has 0 saturated heterocycles. The van der Waals surface area contributed by atoms with Crippen LogP contribution >= 0.6 is 11.3 Å². The predicted molar refractivity (Wildman–Crippen MR) is 169 cm³/mol. The van der Waals surface area contributed by atoms with Gasteiger partial charge >= 0.3 is 5.97 Å². The number of thiazole rings is 1. The normalized spacial score (nSPS) is 14.6. The molecule has 11 nitrogen and oxygen atoms in total. The molecule has 1 atom stereocenters. The molecule has 0 spiro atoms. The van der Waals surface area contributed by atoms with E-state index in [9.17, 15) is 19.7 Å². The van der Waals surface area contributed by atoms with E-state index < -0.39 is 16.9 Å². The van der Waals surface area contributed by atoms with E-state index in [-0.39, 0.29) is 23.4 Å². The number of nitro benzene ring substituents is 1. The SMILES string of the molecule is CCOC(=O)C1=C(C)N=c2s/c(=C\c3ccc(-c4cc(C)c(C)c([N+](=O)[O-])c4)o3)c(=O)n2[C@H]1c1ccc(OCC)c(OCC)c1. The van der Waals surface area contributed by atoms with Gasteiger partial charge in [-0.05, 0) is 83.0 Å². The minimum atomic E-state index is -0.833. The summed E-state index contributed by atoms with van der Waals surface area (Å²) in [4.78, 5) is 43.5. The molecular formula is C33H33N3O8S. The first-order valence-electron chi connectivity index (χ1n) is 14.5. The van der Waals surface area contributed by atoms with Crippen molar-refractivity contribution in [3.63, 3.8) is 0 Å². The molecule has 12 heteroatoms. The number of carbonyl (C=O) groups is 1. The zero-order valence-corrected chi connectivity index (χ0v) is 26.6. The third-order valence-corrected chi connectivity index (χ3v) is 8.40. The Hall–Kier alpha value is -4.97. The van der Waals surface area contributed by atoms with Gasteiger partial charge in [-0.3, -0.25) is 19.5 Å². The zero-order chi connectivity index (χ0) is 32.4. The molecule has 1 aliphatic heterocycles. The molecule has 1 aliphatic rings. The van der Waals surface area contributed by atoms with Crippen molar-refractivity contribution in [1.82, 2.24) is 4.57 Å². The molecule has 0 N–H and O–H groups in total. The highest BCUT2D eigenvalue weighted by atomic mass is 32.1. The van der Waals surface area contributed by atoms with Crippen molar-refractivity contribution in [2.75, 3.05) is 19.8 Å². The molecule has 0 radical (unpaired) electrons. The van der Waals surface area contributed by atoms with E-state index in [4.69, 9.17) is 18.6 Å². The Morgan fingerprint density at radius 2 is 1.78 bits per heavy atom. The number of esters is 1. The van der Waals surface area contributed by atoms with Crippen molar-refractivity contribution < 1.29 is 28.3 Å². The summed E-state index contributed by atoms with van der Waals surface area (Å²) in [5.41, 5.74) is 2.86. The van der Waals surface area contributed by atoms with Crippen molar-refractivity contribution in [3.05, 3.63) is 106 Å². The largest absolute Gasteiger partial charge is 0.490 e. The van der Waals surface area contributed by atoms with Crippen molar-refractivity contribution in [3.8, 4) is 22.8 Å². The lowest BCUT2D eigenvalue weighted by Crippen LogP contribution is -2.40. The molecule has 2 aromatic carbocycles. The lowest BCUT2D eigenvalue weighted by Gasteiger charge is -2.25. The summed E-state index contributed by atoms with van der Waals surface area (Å²) in [6.45, 7) is 11.7. The summed E-state index contributed by atoms with van der Waals surface area (Å²) in [5, 5.41) is 11.6. The number of hydrogen-bond donors (Lipinski definition) is 0. The number of benzene rings is 2. The molecule has 0 saturated carbocycles. The van der Waals surface area contributed by atoms with Gasteiger partial charge in [0.1, 0.15) is 11.5 Å². The number of ether oxygens (including phenoxy) is 3. The standard InChI is InChI=1S/C33H33N3O8S/c1-7-41-26-12-10-21(16-27(26)42-8-2)30-29(32(38)43-9-3)20(6)34-33-35(30)31(37)28(45-33)17-23-11-13-25(44-23)22-14-18(4)19(5)24(15-22)36(39)40/h10-17,30H,7-9H2,1-6H3/b28-17-/t30-/m0/s1. The van der Waals surface area contributed by atoms with E-state index >= 15 is 0 Å². The first kappa shape index (κ1) is 31.5. The van der Waals surface area contributed by atoms with Crippen molar-refractivity contribution in [2.45, 2.75) is 47.6 Å². The quantitative estimate of drug-likeness (QED) is 0.129. The molecular weight excluding hydrogens is 598 g/mol. The summed E-state index contributed by atoms with van der Waals surface area (Å²) in [6.07, 6.45) is 1.60. The second-order valence-electron chi connectivity index (χ2n) is 10.3. The third-order valence-electron chi connectivity index (χ3n) is 7.42. The number of rotatable bonds is 10. The van der Waals surface area contributed by atoms with Crippen molar-refractivity contribution in [1.29, 1.82) is 0 Å². The van der Waals surface area contributed by atoms with Gasteiger partial charge in [-0.15, -0.1) is 0 Å². The van der Waals surface area contributed by atoms with Gasteiger partial charge < -0.3 is 18.6 Å². The number of furan rings is 1. The Labute approximate surface area is 262 Å². The van der Waals surface area contributed by atoms with Crippen LogP contribution < -0.4 is 24.4 Å². The molecule has 2 aromatic heterocycles. The summed E-state index contributed by atoms with van der Waals surface area (Å²) in [5.74, 6) is 1.29. The lowest BCUT2D eigenvalue weighted by atomic mass is 9.95. The summed E-state index contributed by atoms with van der Waals surface area (Å²) in [6, 6.07) is 11.2. The molecule has 5 rings (SSSR count). The second kappa shape index (κ2) is 12.9. The van der Waals surface area contributed by atoms with Crippen LogP contribution in [-0.4, -0.2) is 35.3 Å². The fourth-order valence-corrected chi connectivity index (χ4v) is 6.26. The summed E-state index contributed by atoms with van der Waals surface area (Å²) in [7, 11) is 0. The van der Waals surface area contributed by atoms with Crippen LogP contribution in [-0.2, 0) is 9.53 Å². The van der Waals surface area contributed by atoms with Crippen LogP contribution in [0.1, 0.15) is 56.2 Å². The predicted octanol–water partition coefficient (Wildman–Crippen LogP) is 5.38. The van der Waals surface area contributed by atoms with Crippen LogP contribution in [0.2, 0.25) is 0 Å². The molecule has 45 heavy (non-hydrogen) atoms. The van der Waals surface area contributed by atoms with Crippen molar-refractivity contribution >= 4 is 29.1 Å². The average molecular weight is 632 g/mol. The maximum Gasteiger partial charge on any atom is 0.338 e. The topological polar surface area (TPSA) is 135 Å². The number of fused-ring (bicyclic) bond motifs is 1. The molecule has 234 valence electrons. The van der Waals surface area contributed by atoms with Crippen LogP contribution in [0.4, 0.5) is 5.69 Å². The van der Waals surface area contributed by atoms with E-state index in [0.29, 0.717) is 68.0 Å². The van der Waals surface area contributed by atoms with Crippen LogP contribution in [0.3, 0.4) is 0 Å². The number of carbonyl (C=O) groups excluding carboxylic acids is 1. The summed E-state index contributed by atoms with van der Waals surface area (Å²) >= 11 is 1.16. The Bertz CT molecular complexity index is 2020. The fourth-order valence-electron chi connectivity index (χ4n) is 5.23. The van der Waals surface area contributed by atoms with Crippen molar-refractivity contribution in [2.24, 2.45) is 4.99 Å². The van der Waals surface area contributed by atoms with Gasteiger partial charge in [0.2, 0.25) is 0 Å². The highest BCUT2D eigenvalue weighted by molar-refractivity contribution is 7.07. The van der Waals surface area contributed by atoms with E-state index in [1.54, 1.807) is 64.1 Å². The zero-order valence-electron chi connectivity index (χ0n) is 25.8. The highest BCUT2D eigenvalue weighted by Crippen LogP contribution is 2.36. The minimum absolute atomic E-state index is 0.00539. The van der Waals surface area contributed by atoms with Gasteiger partial charge in [-0.25, -0.2) is 9.79 Å².